The van der Waals surface area contributed by atoms with E-state index in [0.717, 1.165) is 0 Å². The predicted molar refractivity (Wildman–Crippen MR) is 92.8 cm³/mol. The molecular weight excluding hydrogens is 256 g/mol. The highest BCUT2D eigenvalue weighted by Gasteiger charge is 2.44. The van der Waals surface area contributed by atoms with Gasteiger partial charge in [-0.3, -0.25) is 4.90 Å². The van der Waals surface area contributed by atoms with Crippen molar-refractivity contribution < 1.29 is 0 Å². The minimum Gasteiger partial charge on any atom is -0.308 e. The highest BCUT2D eigenvalue weighted by Crippen LogP contribution is 2.37. The van der Waals surface area contributed by atoms with Crippen LogP contribution in [0.5, 0.6) is 0 Å². The summed E-state index contributed by atoms with van der Waals surface area (Å²) in [7, 11) is 0. The van der Waals surface area contributed by atoms with Gasteiger partial charge in [0.15, 0.2) is 0 Å². The third-order valence-electron chi connectivity index (χ3n) is 6.15. The fourth-order valence-electron chi connectivity index (χ4n) is 4.30. The van der Waals surface area contributed by atoms with E-state index in [1.165, 1.54) is 90.3 Å². The summed E-state index contributed by atoms with van der Waals surface area (Å²) < 4.78 is 0. The van der Waals surface area contributed by atoms with Crippen LogP contribution in [0.1, 0.15) is 91.4 Å². The minimum absolute atomic E-state index is 0.339. The molecule has 1 spiro atoms. The van der Waals surface area contributed by atoms with Crippen LogP contribution < -0.4 is 5.32 Å². The molecule has 1 unspecified atom stereocenters. The van der Waals surface area contributed by atoms with Crippen LogP contribution in [0.25, 0.3) is 0 Å². The molecule has 0 aromatic carbocycles. The molecule has 1 saturated heterocycles. The smallest absolute Gasteiger partial charge is 0.0334 e. The van der Waals surface area contributed by atoms with E-state index in [-0.39, 0.29) is 0 Å². The topological polar surface area (TPSA) is 15.3 Å². The fourth-order valence-corrected chi connectivity index (χ4v) is 4.30. The van der Waals surface area contributed by atoms with Crippen LogP contribution in [0, 0.1) is 0 Å². The molecule has 2 aliphatic rings. The molecule has 1 N–H and O–H groups in total. The number of hydrogen-bond acceptors (Lipinski definition) is 2. The molecule has 21 heavy (non-hydrogen) atoms. The summed E-state index contributed by atoms with van der Waals surface area (Å²) in [6.45, 7) is 10.9. The normalized spacial score (nSPS) is 29.9. The summed E-state index contributed by atoms with van der Waals surface area (Å²) in [6, 6.07) is 0. The molecule has 0 bridgehead atoms. The molecule has 1 heterocycles. The SMILES string of the molecule is CCCCCCCN1CC(C)(CC)NCC12CCCCC2. The second-order valence-corrected chi connectivity index (χ2v) is 7.89. The van der Waals surface area contributed by atoms with E-state index in [2.05, 4.69) is 31.0 Å². The summed E-state index contributed by atoms with van der Waals surface area (Å²) in [5, 5.41) is 3.90. The Morgan fingerprint density at radius 3 is 2.33 bits per heavy atom. The summed E-state index contributed by atoms with van der Waals surface area (Å²) in [5.74, 6) is 0. The zero-order chi connectivity index (χ0) is 15.2. The Balaban J connectivity index is 1.92. The van der Waals surface area contributed by atoms with Gasteiger partial charge in [-0.1, -0.05) is 58.8 Å². The van der Waals surface area contributed by atoms with Crippen LogP contribution in [0.2, 0.25) is 0 Å². The van der Waals surface area contributed by atoms with Gasteiger partial charge in [0.1, 0.15) is 0 Å². The Bertz CT molecular complexity index is 296. The maximum atomic E-state index is 3.90. The lowest BCUT2D eigenvalue weighted by Crippen LogP contribution is -2.69. The number of hydrogen-bond donors (Lipinski definition) is 1. The fraction of sp³-hybridized carbons (Fsp3) is 1.00. The van der Waals surface area contributed by atoms with Crippen LogP contribution in [0.3, 0.4) is 0 Å². The molecule has 2 heteroatoms. The van der Waals surface area contributed by atoms with Crippen molar-refractivity contribution in [3.63, 3.8) is 0 Å². The van der Waals surface area contributed by atoms with E-state index < -0.39 is 0 Å². The summed E-state index contributed by atoms with van der Waals surface area (Å²) >= 11 is 0. The van der Waals surface area contributed by atoms with Crippen LogP contribution in [0.4, 0.5) is 0 Å². The Morgan fingerprint density at radius 1 is 0.952 bits per heavy atom. The molecule has 2 fully saturated rings. The van der Waals surface area contributed by atoms with Gasteiger partial charge in [0.25, 0.3) is 0 Å². The molecule has 2 nitrogen and oxygen atoms in total. The first-order valence-corrected chi connectivity index (χ1v) is 9.64. The first kappa shape index (κ1) is 17.3. The van der Waals surface area contributed by atoms with E-state index in [0.29, 0.717) is 11.1 Å². The molecule has 0 aromatic heterocycles. The van der Waals surface area contributed by atoms with Gasteiger partial charge in [-0.05, 0) is 39.2 Å². The molecule has 124 valence electrons. The van der Waals surface area contributed by atoms with Crippen LogP contribution >= 0.6 is 0 Å². The zero-order valence-electron chi connectivity index (χ0n) is 14.8. The number of rotatable bonds is 7. The number of nitrogens with one attached hydrogen (secondary N) is 1. The zero-order valence-corrected chi connectivity index (χ0v) is 14.8. The van der Waals surface area contributed by atoms with Crippen LogP contribution in [-0.2, 0) is 0 Å². The van der Waals surface area contributed by atoms with Crippen molar-refractivity contribution >= 4 is 0 Å². The van der Waals surface area contributed by atoms with Gasteiger partial charge in [0, 0.05) is 24.2 Å². The van der Waals surface area contributed by atoms with Gasteiger partial charge in [-0.15, -0.1) is 0 Å². The maximum Gasteiger partial charge on any atom is 0.0334 e. The van der Waals surface area contributed by atoms with Gasteiger partial charge in [-0.2, -0.15) is 0 Å². The van der Waals surface area contributed by atoms with Gasteiger partial charge in [-0.25, -0.2) is 0 Å². The average molecular weight is 295 g/mol. The minimum atomic E-state index is 0.339. The van der Waals surface area contributed by atoms with E-state index >= 15 is 0 Å². The van der Waals surface area contributed by atoms with Crippen molar-refractivity contribution in [2.75, 3.05) is 19.6 Å². The second kappa shape index (κ2) is 7.97. The molecule has 2 rings (SSSR count). The number of piperazine rings is 1. The summed E-state index contributed by atoms with van der Waals surface area (Å²) in [5.41, 5.74) is 0.837. The molecule has 1 aliphatic carbocycles. The van der Waals surface area contributed by atoms with Crippen molar-refractivity contribution in [3.8, 4) is 0 Å². The third kappa shape index (κ3) is 4.45. The van der Waals surface area contributed by atoms with Crippen LogP contribution in [0.15, 0.2) is 0 Å². The van der Waals surface area contributed by atoms with Gasteiger partial charge in [0.05, 0.1) is 0 Å². The van der Waals surface area contributed by atoms with Crippen molar-refractivity contribution in [3.05, 3.63) is 0 Å². The first-order valence-electron chi connectivity index (χ1n) is 9.64. The van der Waals surface area contributed by atoms with Crippen molar-refractivity contribution in [2.45, 2.75) is 102 Å². The number of nitrogens with zero attached hydrogens (tertiary/aromatic N) is 1. The molecule has 0 radical (unpaired) electrons. The van der Waals surface area contributed by atoms with Crippen LogP contribution in [-0.4, -0.2) is 35.6 Å². The third-order valence-corrected chi connectivity index (χ3v) is 6.15. The van der Waals surface area contributed by atoms with Gasteiger partial charge >= 0.3 is 0 Å². The van der Waals surface area contributed by atoms with E-state index in [1.807, 2.05) is 0 Å². The van der Waals surface area contributed by atoms with Crippen molar-refractivity contribution in [2.24, 2.45) is 0 Å². The summed E-state index contributed by atoms with van der Waals surface area (Å²) in [4.78, 5) is 2.90. The van der Waals surface area contributed by atoms with Gasteiger partial charge < -0.3 is 5.32 Å². The highest BCUT2D eigenvalue weighted by atomic mass is 15.3. The van der Waals surface area contributed by atoms with E-state index in [1.54, 1.807) is 0 Å². The molecule has 1 saturated carbocycles. The lowest BCUT2D eigenvalue weighted by Gasteiger charge is -2.55. The quantitative estimate of drug-likeness (QED) is 0.683. The van der Waals surface area contributed by atoms with E-state index in [9.17, 15) is 0 Å². The Morgan fingerprint density at radius 2 is 1.67 bits per heavy atom. The molecule has 1 aliphatic heterocycles. The van der Waals surface area contributed by atoms with Crippen molar-refractivity contribution in [1.29, 1.82) is 0 Å². The molecule has 0 aromatic rings. The molecule has 0 amide bonds. The predicted octanol–water partition coefficient (Wildman–Crippen LogP) is 4.73. The first-order chi connectivity index (χ1) is 10.1. The molecule has 1 atom stereocenters. The average Bonchev–Trinajstić information content (AvgIpc) is 2.52. The standard InChI is InChI=1S/C19H38N2/c1-4-6-7-8-12-15-21-17-18(3,5-2)20-16-19(21)13-10-9-11-14-19/h20H,4-17H2,1-3H3. The number of unbranched alkanes of at least 4 members (excludes halogenated alkanes) is 4. The van der Waals surface area contributed by atoms with Crippen molar-refractivity contribution in [1.82, 2.24) is 10.2 Å². The lowest BCUT2D eigenvalue weighted by atomic mass is 9.76. The van der Waals surface area contributed by atoms with E-state index in [4.69, 9.17) is 0 Å². The maximum absolute atomic E-state index is 3.90. The Kier molecular flexibility index (Phi) is 6.55. The Hall–Kier alpha value is -0.0800. The lowest BCUT2D eigenvalue weighted by molar-refractivity contribution is -0.0165. The largest absolute Gasteiger partial charge is 0.308 e. The highest BCUT2D eigenvalue weighted by molar-refractivity contribution is 5.04. The Labute approximate surface area is 133 Å². The second-order valence-electron chi connectivity index (χ2n) is 7.89. The summed E-state index contributed by atoms with van der Waals surface area (Å²) in [6.07, 6.45) is 15.5. The monoisotopic (exact) mass is 294 g/mol. The van der Waals surface area contributed by atoms with Gasteiger partial charge in [0.2, 0.25) is 0 Å². The molecular formula is C19H38N2.